The molecule has 31 heavy (non-hydrogen) atoms. The number of non-ortho nitro benzene ring substituents is 1. The SMILES string of the molecule is COc1ccc([N+](=O)[O-])cc1C(=O)Nc1ccc(C(=O)N2CCc3ccccc32)cc1. The van der Waals surface area contributed by atoms with Gasteiger partial charge in [0, 0.05) is 35.6 Å². The van der Waals surface area contributed by atoms with Crippen molar-refractivity contribution in [2.45, 2.75) is 6.42 Å². The second-order valence-electron chi connectivity index (χ2n) is 7.01. The van der Waals surface area contributed by atoms with Crippen molar-refractivity contribution in [3.63, 3.8) is 0 Å². The topological polar surface area (TPSA) is 102 Å². The minimum Gasteiger partial charge on any atom is -0.496 e. The van der Waals surface area contributed by atoms with E-state index in [4.69, 9.17) is 4.74 Å². The van der Waals surface area contributed by atoms with Crippen LogP contribution in [-0.4, -0.2) is 30.4 Å². The van der Waals surface area contributed by atoms with Gasteiger partial charge >= 0.3 is 0 Å². The number of methoxy groups -OCH3 is 1. The molecule has 0 aromatic heterocycles. The Balaban J connectivity index is 1.51. The lowest BCUT2D eigenvalue weighted by molar-refractivity contribution is -0.384. The number of ether oxygens (including phenoxy) is 1. The summed E-state index contributed by atoms with van der Waals surface area (Å²) >= 11 is 0. The van der Waals surface area contributed by atoms with Crippen LogP contribution in [0.5, 0.6) is 5.75 Å². The Morgan fingerprint density at radius 2 is 1.81 bits per heavy atom. The largest absolute Gasteiger partial charge is 0.496 e. The van der Waals surface area contributed by atoms with Crippen molar-refractivity contribution in [3.05, 3.63) is 93.5 Å². The van der Waals surface area contributed by atoms with Crippen molar-refractivity contribution in [2.24, 2.45) is 0 Å². The average molecular weight is 417 g/mol. The summed E-state index contributed by atoms with van der Waals surface area (Å²) in [4.78, 5) is 37.7. The Morgan fingerprint density at radius 1 is 1.06 bits per heavy atom. The van der Waals surface area contributed by atoms with Crippen LogP contribution in [0.1, 0.15) is 26.3 Å². The molecule has 0 atom stereocenters. The van der Waals surface area contributed by atoms with Gasteiger partial charge in [0.05, 0.1) is 17.6 Å². The summed E-state index contributed by atoms with van der Waals surface area (Å²) in [6.07, 6.45) is 0.821. The first-order chi connectivity index (χ1) is 15.0. The molecule has 0 saturated carbocycles. The molecular formula is C23H19N3O5. The molecule has 0 radical (unpaired) electrons. The van der Waals surface area contributed by atoms with Gasteiger partial charge in [0.1, 0.15) is 5.75 Å². The van der Waals surface area contributed by atoms with Gasteiger partial charge < -0.3 is 15.0 Å². The number of benzene rings is 3. The van der Waals surface area contributed by atoms with Crippen molar-refractivity contribution in [3.8, 4) is 5.75 Å². The minimum atomic E-state index is -0.576. The molecule has 156 valence electrons. The summed E-state index contributed by atoms with van der Waals surface area (Å²) in [6.45, 7) is 0.628. The zero-order valence-electron chi connectivity index (χ0n) is 16.7. The van der Waals surface area contributed by atoms with E-state index in [1.54, 1.807) is 29.2 Å². The summed E-state index contributed by atoms with van der Waals surface area (Å²) in [5, 5.41) is 13.7. The van der Waals surface area contributed by atoms with Gasteiger partial charge in [0.25, 0.3) is 17.5 Å². The van der Waals surface area contributed by atoms with Gasteiger partial charge in [0.15, 0.2) is 0 Å². The molecule has 3 aromatic carbocycles. The molecule has 1 N–H and O–H groups in total. The number of rotatable bonds is 5. The summed E-state index contributed by atoms with van der Waals surface area (Å²) in [5.41, 5.74) is 2.86. The first-order valence-corrected chi connectivity index (χ1v) is 9.61. The number of nitrogens with zero attached hydrogens (tertiary/aromatic N) is 2. The fourth-order valence-electron chi connectivity index (χ4n) is 3.59. The maximum Gasteiger partial charge on any atom is 0.270 e. The number of hydrogen-bond acceptors (Lipinski definition) is 5. The van der Waals surface area contributed by atoms with Crippen LogP contribution in [0.15, 0.2) is 66.7 Å². The summed E-state index contributed by atoms with van der Waals surface area (Å²) < 4.78 is 5.14. The van der Waals surface area contributed by atoms with E-state index >= 15 is 0 Å². The minimum absolute atomic E-state index is 0.0468. The van der Waals surface area contributed by atoms with Crippen LogP contribution in [0.2, 0.25) is 0 Å². The summed E-state index contributed by atoms with van der Waals surface area (Å²) in [5.74, 6) is -0.432. The van der Waals surface area contributed by atoms with Crippen LogP contribution in [-0.2, 0) is 6.42 Å². The van der Waals surface area contributed by atoms with Gasteiger partial charge in [0.2, 0.25) is 0 Å². The molecule has 2 amide bonds. The predicted molar refractivity (Wildman–Crippen MR) is 116 cm³/mol. The van der Waals surface area contributed by atoms with E-state index in [1.165, 1.54) is 19.2 Å². The molecule has 3 aromatic rings. The molecule has 8 heteroatoms. The molecule has 0 fully saturated rings. The van der Waals surface area contributed by atoms with Gasteiger partial charge in [-0.3, -0.25) is 19.7 Å². The highest BCUT2D eigenvalue weighted by atomic mass is 16.6. The number of para-hydroxylation sites is 1. The Bertz CT molecular complexity index is 1170. The molecule has 1 aliphatic rings. The van der Waals surface area contributed by atoms with E-state index in [2.05, 4.69) is 5.32 Å². The number of carbonyl (C=O) groups is 2. The maximum atomic E-state index is 12.9. The molecule has 0 saturated heterocycles. The average Bonchev–Trinajstić information content (AvgIpc) is 3.22. The molecule has 0 unspecified atom stereocenters. The number of nitro benzene ring substituents is 1. The molecule has 8 nitrogen and oxygen atoms in total. The molecule has 0 aliphatic carbocycles. The fraction of sp³-hybridized carbons (Fsp3) is 0.130. The molecule has 4 rings (SSSR count). The van der Waals surface area contributed by atoms with Gasteiger partial charge in [-0.15, -0.1) is 0 Å². The Morgan fingerprint density at radius 3 is 2.52 bits per heavy atom. The highest BCUT2D eigenvalue weighted by Crippen LogP contribution is 2.29. The Labute approximate surface area is 178 Å². The van der Waals surface area contributed by atoms with E-state index in [1.807, 2.05) is 24.3 Å². The van der Waals surface area contributed by atoms with Crippen molar-refractivity contribution < 1.29 is 19.2 Å². The normalized spacial score (nSPS) is 12.2. The first-order valence-electron chi connectivity index (χ1n) is 9.61. The van der Waals surface area contributed by atoms with Crippen molar-refractivity contribution >= 4 is 28.9 Å². The lowest BCUT2D eigenvalue weighted by atomic mass is 10.1. The van der Waals surface area contributed by atoms with Crippen LogP contribution in [0.25, 0.3) is 0 Å². The molecule has 0 spiro atoms. The molecule has 1 aliphatic heterocycles. The van der Waals surface area contributed by atoms with Crippen LogP contribution in [0.4, 0.5) is 17.1 Å². The number of nitro groups is 1. The second kappa shape index (κ2) is 8.27. The van der Waals surface area contributed by atoms with Gasteiger partial charge in [-0.1, -0.05) is 18.2 Å². The molecule has 1 heterocycles. The first kappa shape index (κ1) is 20.1. The van der Waals surface area contributed by atoms with E-state index in [0.717, 1.165) is 23.7 Å². The van der Waals surface area contributed by atoms with E-state index in [-0.39, 0.29) is 22.9 Å². The highest BCUT2D eigenvalue weighted by molar-refractivity contribution is 6.09. The highest BCUT2D eigenvalue weighted by Gasteiger charge is 2.25. The van der Waals surface area contributed by atoms with Crippen molar-refractivity contribution in [2.75, 3.05) is 23.9 Å². The van der Waals surface area contributed by atoms with Gasteiger partial charge in [-0.05, 0) is 48.4 Å². The van der Waals surface area contributed by atoms with Crippen LogP contribution < -0.4 is 15.0 Å². The van der Waals surface area contributed by atoms with E-state index in [9.17, 15) is 19.7 Å². The van der Waals surface area contributed by atoms with E-state index in [0.29, 0.717) is 17.8 Å². The summed E-state index contributed by atoms with van der Waals surface area (Å²) in [7, 11) is 1.38. The third-order valence-electron chi connectivity index (χ3n) is 5.16. The number of amides is 2. The lowest BCUT2D eigenvalue weighted by Gasteiger charge is -2.17. The van der Waals surface area contributed by atoms with Crippen molar-refractivity contribution in [1.29, 1.82) is 0 Å². The quantitative estimate of drug-likeness (QED) is 0.498. The number of anilines is 2. The van der Waals surface area contributed by atoms with Gasteiger partial charge in [-0.25, -0.2) is 0 Å². The Hall–Kier alpha value is -4.20. The number of hydrogen-bond donors (Lipinski definition) is 1. The smallest absolute Gasteiger partial charge is 0.270 e. The van der Waals surface area contributed by atoms with Gasteiger partial charge in [-0.2, -0.15) is 0 Å². The van der Waals surface area contributed by atoms with Crippen LogP contribution in [0.3, 0.4) is 0 Å². The molecular weight excluding hydrogens is 398 g/mol. The standard InChI is InChI=1S/C23H19N3O5/c1-31-21-11-10-18(26(29)30)14-19(21)22(27)24-17-8-6-16(7-9-17)23(28)25-13-12-15-4-2-3-5-20(15)25/h2-11,14H,12-13H2,1H3,(H,24,27). The number of carbonyl (C=O) groups excluding carboxylic acids is 2. The third-order valence-corrected chi connectivity index (χ3v) is 5.16. The molecule has 0 bridgehead atoms. The van der Waals surface area contributed by atoms with Crippen LogP contribution in [0, 0.1) is 10.1 Å². The van der Waals surface area contributed by atoms with Crippen LogP contribution >= 0.6 is 0 Å². The number of nitrogens with one attached hydrogen (secondary N) is 1. The Kier molecular flexibility index (Phi) is 5.36. The predicted octanol–water partition coefficient (Wildman–Crippen LogP) is 4.06. The lowest BCUT2D eigenvalue weighted by Crippen LogP contribution is -2.28. The number of fused-ring (bicyclic) bond motifs is 1. The zero-order chi connectivity index (χ0) is 22.0. The fourth-order valence-corrected chi connectivity index (χ4v) is 3.59. The monoisotopic (exact) mass is 417 g/mol. The second-order valence-corrected chi connectivity index (χ2v) is 7.01. The maximum absolute atomic E-state index is 12.9. The zero-order valence-corrected chi connectivity index (χ0v) is 16.7. The van der Waals surface area contributed by atoms with E-state index < -0.39 is 10.8 Å². The summed E-state index contributed by atoms with van der Waals surface area (Å²) in [6, 6.07) is 18.2. The third kappa shape index (κ3) is 3.95. The van der Waals surface area contributed by atoms with Crippen molar-refractivity contribution in [1.82, 2.24) is 0 Å².